The van der Waals surface area contributed by atoms with Crippen molar-refractivity contribution < 1.29 is 14.3 Å². The number of nitrogens with zero attached hydrogens (tertiary/aromatic N) is 1. The van der Waals surface area contributed by atoms with E-state index in [1.54, 1.807) is 30.3 Å². The van der Waals surface area contributed by atoms with Gasteiger partial charge in [-0.25, -0.2) is 0 Å². The number of nitrogens with one attached hydrogen (secondary N) is 1. The number of carbonyl (C=O) groups excluding carboxylic acids is 2. The minimum atomic E-state index is -0.668. The molecular formula is C23H26Cl4N2O3. The second-order valence-corrected chi connectivity index (χ2v) is 8.86. The molecule has 0 fully saturated rings. The van der Waals surface area contributed by atoms with Crippen molar-refractivity contribution in [2.24, 2.45) is 0 Å². The Kier molecular flexibility index (Phi) is 10.9. The fourth-order valence-electron chi connectivity index (χ4n) is 3.08. The highest BCUT2D eigenvalue weighted by molar-refractivity contribution is 6.42. The highest BCUT2D eigenvalue weighted by atomic mass is 35.5. The minimum absolute atomic E-state index is 0.174. The van der Waals surface area contributed by atoms with Crippen LogP contribution in [0.5, 0.6) is 5.75 Å². The van der Waals surface area contributed by atoms with Gasteiger partial charge in [0.15, 0.2) is 6.61 Å². The van der Waals surface area contributed by atoms with Crippen LogP contribution in [0.4, 0.5) is 0 Å². The molecule has 0 saturated heterocycles. The molecule has 0 aliphatic heterocycles. The molecule has 0 bridgehead atoms. The topological polar surface area (TPSA) is 58.6 Å². The second kappa shape index (κ2) is 13.1. The Bertz CT molecular complexity index is 939. The molecule has 0 aliphatic rings. The van der Waals surface area contributed by atoms with Crippen molar-refractivity contribution in [1.29, 1.82) is 0 Å². The molecule has 0 aliphatic carbocycles. The van der Waals surface area contributed by atoms with Crippen molar-refractivity contribution in [2.75, 3.05) is 13.2 Å². The van der Waals surface area contributed by atoms with Gasteiger partial charge in [-0.15, -0.1) is 0 Å². The van der Waals surface area contributed by atoms with Crippen molar-refractivity contribution in [1.82, 2.24) is 10.2 Å². The number of halogens is 4. The van der Waals surface area contributed by atoms with Gasteiger partial charge in [0.05, 0.1) is 15.1 Å². The SMILES string of the molecule is CCCCNC(=O)C(CC)N(Cc1ccc(Cl)c(Cl)c1)C(=O)COc1ccc(Cl)cc1Cl. The summed E-state index contributed by atoms with van der Waals surface area (Å²) in [5, 5.41) is 4.46. The molecule has 1 atom stereocenters. The first-order valence-electron chi connectivity index (χ1n) is 10.4. The standard InChI is InChI=1S/C23H26Cl4N2O3/c1-3-5-10-28-23(31)20(4-2)29(13-15-6-8-17(25)18(26)11-15)22(30)14-32-21-9-7-16(24)12-19(21)27/h6-9,11-12,20H,3-5,10,13-14H2,1-2H3,(H,28,31). The van der Waals surface area contributed by atoms with Gasteiger partial charge in [0, 0.05) is 18.1 Å². The quantitative estimate of drug-likeness (QED) is 0.349. The van der Waals surface area contributed by atoms with Gasteiger partial charge in [-0.1, -0.05) is 72.7 Å². The maximum Gasteiger partial charge on any atom is 0.261 e. The van der Waals surface area contributed by atoms with E-state index in [4.69, 9.17) is 51.1 Å². The largest absolute Gasteiger partial charge is 0.482 e. The van der Waals surface area contributed by atoms with Gasteiger partial charge in [0.1, 0.15) is 11.8 Å². The van der Waals surface area contributed by atoms with Crippen LogP contribution in [-0.4, -0.2) is 35.9 Å². The van der Waals surface area contributed by atoms with Gasteiger partial charge in [0.25, 0.3) is 5.91 Å². The maximum absolute atomic E-state index is 13.2. The van der Waals surface area contributed by atoms with E-state index in [2.05, 4.69) is 5.32 Å². The third-order valence-corrected chi connectivity index (χ3v) is 6.07. The average molecular weight is 520 g/mol. The highest BCUT2D eigenvalue weighted by Crippen LogP contribution is 2.28. The zero-order valence-electron chi connectivity index (χ0n) is 18.0. The number of carbonyl (C=O) groups is 2. The molecule has 9 heteroatoms. The summed E-state index contributed by atoms with van der Waals surface area (Å²) in [6, 6.07) is 9.20. The summed E-state index contributed by atoms with van der Waals surface area (Å²) in [6.45, 7) is 4.34. The normalized spacial score (nSPS) is 11.7. The smallest absolute Gasteiger partial charge is 0.261 e. The number of hydrogen-bond acceptors (Lipinski definition) is 3. The Morgan fingerprint density at radius 1 is 1.00 bits per heavy atom. The summed E-state index contributed by atoms with van der Waals surface area (Å²) in [5.41, 5.74) is 0.747. The summed E-state index contributed by atoms with van der Waals surface area (Å²) in [4.78, 5) is 27.5. The van der Waals surface area contributed by atoms with Crippen LogP contribution < -0.4 is 10.1 Å². The van der Waals surface area contributed by atoms with Crippen molar-refractivity contribution in [2.45, 2.75) is 45.7 Å². The van der Waals surface area contributed by atoms with Gasteiger partial charge in [-0.2, -0.15) is 0 Å². The zero-order valence-corrected chi connectivity index (χ0v) is 21.0. The molecule has 1 unspecified atom stereocenters. The summed E-state index contributed by atoms with van der Waals surface area (Å²) >= 11 is 24.2. The lowest BCUT2D eigenvalue weighted by molar-refractivity contribution is -0.143. The summed E-state index contributed by atoms with van der Waals surface area (Å²) in [7, 11) is 0. The van der Waals surface area contributed by atoms with Crippen molar-refractivity contribution in [3.63, 3.8) is 0 Å². The molecule has 2 aromatic rings. The fraction of sp³-hybridized carbons (Fsp3) is 0.391. The molecule has 2 rings (SSSR count). The third-order valence-electron chi connectivity index (χ3n) is 4.80. The Labute approximate surface area is 208 Å². The van der Waals surface area contributed by atoms with E-state index in [1.807, 2.05) is 13.8 Å². The molecule has 0 saturated carbocycles. The molecule has 0 spiro atoms. The number of amides is 2. The molecule has 32 heavy (non-hydrogen) atoms. The van der Waals surface area contributed by atoms with E-state index >= 15 is 0 Å². The summed E-state index contributed by atoms with van der Waals surface area (Å²) < 4.78 is 5.63. The second-order valence-electron chi connectivity index (χ2n) is 7.20. The van der Waals surface area contributed by atoms with E-state index in [-0.39, 0.29) is 25.0 Å². The molecular weight excluding hydrogens is 494 g/mol. The van der Waals surface area contributed by atoms with Crippen LogP contribution in [0.1, 0.15) is 38.7 Å². The highest BCUT2D eigenvalue weighted by Gasteiger charge is 2.29. The molecule has 0 radical (unpaired) electrons. The maximum atomic E-state index is 13.2. The molecule has 5 nitrogen and oxygen atoms in total. The molecule has 2 aromatic carbocycles. The lowest BCUT2D eigenvalue weighted by atomic mass is 10.1. The Morgan fingerprint density at radius 3 is 2.38 bits per heavy atom. The summed E-state index contributed by atoms with van der Waals surface area (Å²) in [6.07, 6.45) is 2.26. The van der Waals surface area contributed by atoms with Crippen LogP contribution >= 0.6 is 46.4 Å². The summed E-state index contributed by atoms with van der Waals surface area (Å²) in [5.74, 6) is -0.238. The Balaban J connectivity index is 2.22. The van der Waals surface area contributed by atoms with E-state index in [9.17, 15) is 9.59 Å². The van der Waals surface area contributed by atoms with E-state index in [1.165, 1.54) is 11.0 Å². The lowest BCUT2D eigenvalue weighted by Crippen LogP contribution is -2.50. The van der Waals surface area contributed by atoms with Crippen LogP contribution in [0.2, 0.25) is 20.1 Å². The van der Waals surface area contributed by atoms with Crippen molar-refractivity contribution in [3.05, 3.63) is 62.1 Å². The van der Waals surface area contributed by atoms with Gasteiger partial charge in [-0.05, 0) is 48.7 Å². The number of ether oxygens (including phenoxy) is 1. The molecule has 0 aromatic heterocycles. The Morgan fingerprint density at radius 2 is 1.75 bits per heavy atom. The van der Waals surface area contributed by atoms with Crippen LogP contribution in [0, 0.1) is 0 Å². The zero-order chi connectivity index (χ0) is 23.7. The first kappa shape index (κ1) is 26.6. The molecule has 174 valence electrons. The van der Waals surface area contributed by atoms with Gasteiger partial charge in [-0.3, -0.25) is 9.59 Å². The van der Waals surface area contributed by atoms with Gasteiger partial charge in [0.2, 0.25) is 5.91 Å². The van der Waals surface area contributed by atoms with E-state index < -0.39 is 6.04 Å². The van der Waals surface area contributed by atoms with E-state index in [0.29, 0.717) is 38.8 Å². The van der Waals surface area contributed by atoms with Crippen LogP contribution in [0.3, 0.4) is 0 Å². The minimum Gasteiger partial charge on any atom is -0.482 e. The number of unbranched alkanes of at least 4 members (excludes halogenated alkanes) is 1. The number of hydrogen-bond donors (Lipinski definition) is 1. The van der Waals surface area contributed by atoms with Crippen molar-refractivity contribution >= 4 is 58.2 Å². The number of rotatable bonds is 11. The molecule has 2 amide bonds. The van der Waals surface area contributed by atoms with Gasteiger partial charge < -0.3 is 15.0 Å². The molecule has 0 heterocycles. The predicted octanol–water partition coefficient (Wildman–Crippen LogP) is 6.40. The van der Waals surface area contributed by atoms with Crippen LogP contribution in [-0.2, 0) is 16.1 Å². The monoisotopic (exact) mass is 518 g/mol. The average Bonchev–Trinajstić information content (AvgIpc) is 2.75. The van der Waals surface area contributed by atoms with E-state index in [0.717, 1.165) is 18.4 Å². The van der Waals surface area contributed by atoms with Crippen molar-refractivity contribution in [3.8, 4) is 5.75 Å². The predicted molar refractivity (Wildman–Crippen MR) is 131 cm³/mol. The van der Waals surface area contributed by atoms with Crippen LogP contribution in [0.25, 0.3) is 0 Å². The van der Waals surface area contributed by atoms with Crippen LogP contribution in [0.15, 0.2) is 36.4 Å². The lowest BCUT2D eigenvalue weighted by Gasteiger charge is -2.30. The van der Waals surface area contributed by atoms with Gasteiger partial charge >= 0.3 is 0 Å². The molecule has 1 N–H and O–H groups in total. The first-order chi connectivity index (χ1) is 15.3. The Hall–Kier alpha value is -1.66. The third kappa shape index (κ3) is 7.73. The fourth-order valence-corrected chi connectivity index (χ4v) is 3.86. The first-order valence-corrected chi connectivity index (χ1v) is 11.9. The number of benzene rings is 2.